The summed E-state index contributed by atoms with van der Waals surface area (Å²) in [5, 5.41) is 10.7. The molecule has 3 rings (SSSR count). The van der Waals surface area contributed by atoms with Gasteiger partial charge >= 0.3 is 0 Å². The minimum Gasteiger partial charge on any atom is -0.377 e. The average Bonchev–Trinajstić information content (AvgIpc) is 2.98. The molecular weight excluding hydrogens is 326 g/mol. The van der Waals surface area contributed by atoms with E-state index in [-0.39, 0.29) is 5.91 Å². The standard InChI is InChI=1S/C17H16ClN5O/c1-23-16(20-11-21-23)10-19-15-8-3-2-7-14(15)17(24)22-13-6-4-5-12(18)9-13/h2-9,11,19H,10H2,1H3,(H,22,24). The van der Waals surface area contributed by atoms with Crippen molar-refractivity contribution >= 4 is 28.9 Å². The molecular formula is C17H16ClN5O. The van der Waals surface area contributed by atoms with Gasteiger partial charge in [-0.05, 0) is 30.3 Å². The number of aromatic nitrogens is 3. The Labute approximate surface area is 144 Å². The zero-order valence-corrected chi connectivity index (χ0v) is 13.8. The van der Waals surface area contributed by atoms with Gasteiger partial charge in [0.05, 0.1) is 12.1 Å². The Morgan fingerprint density at radius 3 is 2.79 bits per heavy atom. The van der Waals surface area contributed by atoms with Gasteiger partial charge in [0.25, 0.3) is 5.91 Å². The van der Waals surface area contributed by atoms with Crippen LogP contribution < -0.4 is 10.6 Å². The van der Waals surface area contributed by atoms with Crippen LogP contribution in [0.25, 0.3) is 0 Å². The monoisotopic (exact) mass is 341 g/mol. The summed E-state index contributed by atoms with van der Waals surface area (Å²) in [4.78, 5) is 16.7. The molecule has 0 radical (unpaired) electrons. The molecule has 1 aromatic heterocycles. The smallest absolute Gasteiger partial charge is 0.257 e. The number of carbonyl (C=O) groups excluding carboxylic acids is 1. The van der Waals surface area contributed by atoms with Gasteiger partial charge in [-0.2, -0.15) is 5.10 Å². The SMILES string of the molecule is Cn1ncnc1CNc1ccccc1C(=O)Nc1cccc(Cl)c1. The number of amides is 1. The number of nitrogens with zero attached hydrogens (tertiary/aromatic N) is 3. The zero-order valence-electron chi connectivity index (χ0n) is 13.0. The van der Waals surface area contributed by atoms with E-state index in [9.17, 15) is 4.79 Å². The molecule has 1 amide bonds. The summed E-state index contributed by atoms with van der Waals surface area (Å²) in [6, 6.07) is 14.3. The molecule has 0 bridgehead atoms. The fraction of sp³-hybridized carbons (Fsp3) is 0.118. The Morgan fingerprint density at radius 1 is 1.21 bits per heavy atom. The van der Waals surface area contributed by atoms with Gasteiger partial charge in [-0.3, -0.25) is 9.48 Å². The lowest BCUT2D eigenvalue weighted by Crippen LogP contribution is -2.15. The van der Waals surface area contributed by atoms with E-state index in [1.54, 1.807) is 35.0 Å². The molecule has 0 aliphatic rings. The van der Waals surface area contributed by atoms with Crippen molar-refractivity contribution in [2.45, 2.75) is 6.54 Å². The number of benzene rings is 2. The van der Waals surface area contributed by atoms with Gasteiger partial charge in [0.2, 0.25) is 0 Å². The zero-order chi connectivity index (χ0) is 16.9. The van der Waals surface area contributed by atoms with Crippen LogP contribution in [0.15, 0.2) is 54.9 Å². The molecule has 0 spiro atoms. The predicted molar refractivity (Wildman–Crippen MR) is 94.2 cm³/mol. The van der Waals surface area contributed by atoms with Crippen LogP contribution in [0.5, 0.6) is 0 Å². The minimum absolute atomic E-state index is 0.210. The summed E-state index contributed by atoms with van der Waals surface area (Å²) in [5.41, 5.74) is 1.91. The molecule has 0 atom stereocenters. The molecule has 0 fully saturated rings. The highest BCUT2D eigenvalue weighted by atomic mass is 35.5. The predicted octanol–water partition coefficient (Wildman–Crippen LogP) is 3.33. The first-order valence-corrected chi connectivity index (χ1v) is 7.74. The molecule has 2 aromatic carbocycles. The number of hydrogen-bond donors (Lipinski definition) is 2. The van der Waals surface area contributed by atoms with Crippen molar-refractivity contribution in [3.05, 3.63) is 71.3 Å². The third-order valence-corrected chi connectivity index (χ3v) is 3.73. The lowest BCUT2D eigenvalue weighted by molar-refractivity contribution is 0.102. The average molecular weight is 342 g/mol. The first-order chi connectivity index (χ1) is 11.6. The third kappa shape index (κ3) is 3.72. The van der Waals surface area contributed by atoms with Gasteiger partial charge in [0.1, 0.15) is 12.2 Å². The molecule has 0 aliphatic carbocycles. The molecule has 0 aliphatic heterocycles. The van der Waals surface area contributed by atoms with E-state index in [1.807, 2.05) is 25.2 Å². The van der Waals surface area contributed by atoms with Crippen molar-refractivity contribution in [2.24, 2.45) is 7.05 Å². The van der Waals surface area contributed by atoms with Crippen LogP contribution in [0, 0.1) is 0 Å². The normalized spacial score (nSPS) is 10.4. The van der Waals surface area contributed by atoms with Crippen molar-refractivity contribution in [1.29, 1.82) is 0 Å². The topological polar surface area (TPSA) is 71.8 Å². The Kier molecular flexibility index (Phi) is 4.77. The van der Waals surface area contributed by atoms with Crippen LogP contribution in [-0.2, 0) is 13.6 Å². The fourth-order valence-electron chi connectivity index (χ4n) is 2.25. The molecule has 7 heteroatoms. The van der Waals surface area contributed by atoms with Gasteiger partial charge in [0.15, 0.2) is 0 Å². The number of nitrogens with one attached hydrogen (secondary N) is 2. The van der Waals surface area contributed by atoms with E-state index in [0.29, 0.717) is 22.8 Å². The van der Waals surface area contributed by atoms with Crippen molar-refractivity contribution in [3.8, 4) is 0 Å². The second-order valence-electron chi connectivity index (χ2n) is 5.16. The van der Waals surface area contributed by atoms with E-state index in [2.05, 4.69) is 20.7 Å². The second kappa shape index (κ2) is 7.14. The van der Waals surface area contributed by atoms with E-state index < -0.39 is 0 Å². The number of hydrogen-bond acceptors (Lipinski definition) is 4. The molecule has 0 saturated heterocycles. The molecule has 1 heterocycles. The Morgan fingerprint density at radius 2 is 2.04 bits per heavy atom. The second-order valence-corrected chi connectivity index (χ2v) is 5.60. The van der Waals surface area contributed by atoms with Crippen molar-refractivity contribution in [3.63, 3.8) is 0 Å². The Bertz CT molecular complexity index is 861. The molecule has 0 saturated carbocycles. The maximum atomic E-state index is 12.5. The summed E-state index contributed by atoms with van der Waals surface area (Å²) < 4.78 is 1.68. The van der Waals surface area contributed by atoms with E-state index in [4.69, 9.17) is 11.6 Å². The number of para-hydroxylation sites is 1. The number of halogens is 1. The molecule has 24 heavy (non-hydrogen) atoms. The molecule has 2 N–H and O–H groups in total. The summed E-state index contributed by atoms with van der Waals surface area (Å²) in [6.07, 6.45) is 1.49. The number of carbonyl (C=O) groups is 1. The highest BCUT2D eigenvalue weighted by Crippen LogP contribution is 2.20. The van der Waals surface area contributed by atoms with E-state index in [0.717, 1.165) is 11.5 Å². The molecule has 3 aromatic rings. The van der Waals surface area contributed by atoms with Crippen molar-refractivity contribution in [2.75, 3.05) is 10.6 Å². The van der Waals surface area contributed by atoms with Crippen LogP contribution in [0.3, 0.4) is 0 Å². The fourth-order valence-corrected chi connectivity index (χ4v) is 2.44. The molecule has 0 unspecified atom stereocenters. The van der Waals surface area contributed by atoms with Crippen LogP contribution in [-0.4, -0.2) is 20.7 Å². The molecule has 6 nitrogen and oxygen atoms in total. The number of rotatable bonds is 5. The van der Waals surface area contributed by atoms with E-state index in [1.165, 1.54) is 6.33 Å². The number of anilines is 2. The first kappa shape index (κ1) is 16.0. The van der Waals surface area contributed by atoms with Crippen LogP contribution in [0.1, 0.15) is 16.2 Å². The number of aryl methyl sites for hydroxylation is 1. The summed E-state index contributed by atoms with van der Waals surface area (Å²) in [6.45, 7) is 0.470. The van der Waals surface area contributed by atoms with Crippen LogP contribution in [0.2, 0.25) is 5.02 Å². The van der Waals surface area contributed by atoms with Gasteiger partial charge in [-0.25, -0.2) is 4.98 Å². The van der Waals surface area contributed by atoms with Gasteiger partial charge in [0, 0.05) is 23.4 Å². The quantitative estimate of drug-likeness (QED) is 0.746. The third-order valence-electron chi connectivity index (χ3n) is 3.50. The molecule has 122 valence electrons. The van der Waals surface area contributed by atoms with Gasteiger partial charge in [-0.1, -0.05) is 29.8 Å². The summed E-state index contributed by atoms with van der Waals surface area (Å²) >= 11 is 5.95. The van der Waals surface area contributed by atoms with E-state index >= 15 is 0 Å². The van der Waals surface area contributed by atoms with Crippen molar-refractivity contribution < 1.29 is 4.79 Å². The summed E-state index contributed by atoms with van der Waals surface area (Å²) in [5.74, 6) is 0.568. The van der Waals surface area contributed by atoms with Crippen LogP contribution in [0.4, 0.5) is 11.4 Å². The summed E-state index contributed by atoms with van der Waals surface area (Å²) in [7, 11) is 1.82. The van der Waals surface area contributed by atoms with Gasteiger partial charge < -0.3 is 10.6 Å². The maximum absolute atomic E-state index is 12.5. The lowest BCUT2D eigenvalue weighted by atomic mass is 10.1. The van der Waals surface area contributed by atoms with Crippen molar-refractivity contribution in [1.82, 2.24) is 14.8 Å². The largest absolute Gasteiger partial charge is 0.377 e. The Balaban J connectivity index is 1.75. The highest BCUT2D eigenvalue weighted by molar-refractivity contribution is 6.31. The maximum Gasteiger partial charge on any atom is 0.257 e. The minimum atomic E-state index is -0.210. The first-order valence-electron chi connectivity index (χ1n) is 7.36. The highest BCUT2D eigenvalue weighted by Gasteiger charge is 2.12. The Hall–Kier alpha value is -2.86. The van der Waals surface area contributed by atoms with Crippen LogP contribution >= 0.6 is 11.6 Å². The lowest BCUT2D eigenvalue weighted by Gasteiger charge is -2.12. The van der Waals surface area contributed by atoms with Gasteiger partial charge in [-0.15, -0.1) is 0 Å².